The number of carbonyl (C=O) groups excluding carboxylic acids is 1. The van der Waals surface area contributed by atoms with Crippen LogP contribution in [-0.2, 0) is 0 Å². The molecule has 0 aliphatic rings. The van der Waals surface area contributed by atoms with Gasteiger partial charge in [0.2, 0.25) is 0 Å². The second-order valence-corrected chi connectivity index (χ2v) is 4.77. The van der Waals surface area contributed by atoms with Crippen molar-refractivity contribution in [2.75, 3.05) is 0 Å². The highest BCUT2D eigenvalue weighted by Gasteiger charge is 2.24. The molecule has 1 unspecified atom stereocenters. The summed E-state index contributed by atoms with van der Waals surface area (Å²) in [7, 11) is 0. The Morgan fingerprint density at radius 2 is 2.29 bits per heavy atom. The molecule has 0 fully saturated rings. The Kier molecular flexibility index (Phi) is 3.29. The van der Waals surface area contributed by atoms with Gasteiger partial charge in [0.1, 0.15) is 0 Å². The van der Waals surface area contributed by atoms with Crippen molar-refractivity contribution >= 4 is 17.2 Å². The van der Waals surface area contributed by atoms with Gasteiger partial charge in [-0.15, -0.1) is 11.3 Å². The first-order chi connectivity index (χ1) is 6.41. The lowest BCUT2D eigenvalue weighted by molar-refractivity contribution is 0.0410. The molecule has 0 spiro atoms. The van der Waals surface area contributed by atoms with Crippen LogP contribution in [0, 0.1) is 0 Å². The molecule has 1 heterocycles. The van der Waals surface area contributed by atoms with Gasteiger partial charge in [0.25, 0.3) is 5.91 Å². The Hall–Kier alpha value is -0.870. The normalized spacial score (nSPS) is 13.7. The molecular formula is C10H15NO2S. The Balaban J connectivity index is 2.58. The summed E-state index contributed by atoms with van der Waals surface area (Å²) in [6.45, 7) is 5.13. The molecule has 0 aliphatic carbocycles. The van der Waals surface area contributed by atoms with E-state index < -0.39 is 5.60 Å². The first kappa shape index (κ1) is 11.2. The first-order valence-corrected chi connectivity index (χ1v) is 5.36. The van der Waals surface area contributed by atoms with Gasteiger partial charge < -0.3 is 10.4 Å². The molecule has 1 atom stereocenters. The van der Waals surface area contributed by atoms with Gasteiger partial charge >= 0.3 is 0 Å². The third-order valence-electron chi connectivity index (χ3n) is 2.15. The summed E-state index contributed by atoms with van der Waals surface area (Å²) in [5.41, 5.74) is -0.896. The predicted octanol–water partition coefficient (Wildman–Crippen LogP) is 1.64. The summed E-state index contributed by atoms with van der Waals surface area (Å²) in [6, 6.07) is 3.32. The molecule has 4 heteroatoms. The average Bonchev–Trinajstić information content (AvgIpc) is 2.53. The van der Waals surface area contributed by atoms with Crippen molar-refractivity contribution in [1.29, 1.82) is 0 Å². The topological polar surface area (TPSA) is 49.3 Å². The van der Waals surface area contributed by atoms with E-state index in [9.17, 15) is 9.90 Å². The maximum atomic E-state index is 11.6. The van der Waals surface area contributed by atoms with E-state index in [1.165, 1.54) is 11.3 Å². The van der Waals surface area contributed by atoms with Crippen molar-refractivity contribution in [1.82, 2.24) is 5.32 Å². The van der Waals surface area contributed by atoms with E-state index in [0.29, 0.717) is 4.88 Å². The highest BCUT2D eigenvalue weighted by Crippen LogP contribution is 2.11. The van der Waals surface area contributed by atoms with E-state index in [1.54, 1.807) is 26.8 Å². The van der Waals surface area contributed by atoms with Crippen molar-refractivity contribution in [2.45, 2.75) is 32.4 Å². The molecule has 0 bridgehead atoms. The number of aliphatic hydroxyl groups is 1. The third-order valence-corrected chi connectivity index (χ3v) is 3.02. The fourth-order valence-corrected chi connectivity index (χ4v) is 1.48. The van der Waals surface area contributed by atoms with E-state index in [-0.39, 0.29) is 11.9 Å². The summed E-state index contributed by atoms with van der Waals surface area (Å²) >= 11 is 1.39. The lowest BCUT2D eigenvalue weighted by atomic mass is 10.0. The smallest absolute Gasteiger partial charge is 0.261 e. The molecule has 0 aromatic carbocycles. The van der Waals surface area contributed by atoms with E-state index in [2.05, 4.69) is 5.32 Å². The molecule has 1 aromatic heterocycles. The molecule has 0 radical (unpaired) electrons. The Morgan fingerprint density at radius 3 is 2.71 bits per heavy atom. The molecule has 0 aliphatic heterocycles. The van der Waals surface area contributed by atoms with Crippen molar-refractivity contribution in [3.8, 4) is 0 Å². The first-order valence-electron chi connectivity index (χ1n) is 4.48. The number of nitrogens with one attached hydrogen (secondary N) is 1. The van der Waals surface area contributed by atoms with Crippen molar-refractivity contribution in [2.24, 2.45) is 0 Å². The molecule has 14 heavy (non-hydrogen) atoms. The maximum absolute atomic E-state index is 11.6. The summed E-state index contributed by atoms with van der Waals surface area (Å²) in [5.74, 6) is -0.130. The molecule has 3 nitrogen and oxygen atoms in total. The van der Waals surface area contributed by atoms with Crippen LogP contribution in [-0.4, -0.2) is 22.7 Å². The zero-order valence-corrected chi connectivity index (χ0v) is 9.39. The fourth-order valence-electron chi connectivity index (χ4n) is 0.852. The second kappa shape index (κ2) is 4.11. The van der Waals surface area contributed by atoms with Crippen molar-refractivity contribution in [3.63, 3.8) is 0 Å². The van der Waals surface area contributed by atoms with Gasteiger partial charge in [-0.2, -0.15) is 0 Å². The number of thiophene rings is 1. The number of rotatable bonds is 3. The highest BCUT2D eigenvalue weighted by molar-refractivity contribution is 7.12. The van der Waals surface area contributed by atoms with Gasteiger partial charge in [0.15, 0.2) is 0 Å². The van der Waals surface area contributed by atoms with Crippen molar-refractivity contribution in [3.05, 3.63) is 22.4 Å². The lowest BCUT2D eigenvalue weighted by Crippen LogP contribution is -2.46. The zero-order valence-electron chi connectivity index (χ0n) is 8.57. The van der Waals surface area contributed by atoms with Crippen LogP contribution >= 0.6 is 11.3 Å². The van der Waals surface area contributed by atoms with E-state index >= 15 is 0 Å². The summed E-state index contributed by atoms with van der Waals surface area (Å²) in [6.07, 6.45) is 0. The summed E-state index contributed by atoms with van der Waals surface area (Å²) < 4.78 is 0. The fraction of sp³-hybridized carbons (Fsp3) is 0.500. The Morgan fingerprint density at radius 1 is 1.64 bits per heavy atom. The van der Waals surface area contributed by atoms with Crippen molar-refractivity contribution < 1.29 is 9.90 Å². The van der Waals surface area contributed by atoms with Gasteiger partial charge in [0.05, 0.1) is 16.5 Å². The number of amides is 1. The number of hydrogen-bond acceptors (Lipinski definition) is 3. The molecule has 0 saturated heterocycles. The Bertz CT molecular complexity index is 300. The molecular weight excluding hydrogens is 198 g/mol. The molecule has 0 saturated carbocycles. The standard InChI is InChI=1S/C10H15NO2S/c1-7(10(2,3)13)11-9(12)8-5-4-6-14-8/h4-7,13H,1-3H3,(H,11,12). The largest absolute Gasteiger partial charge is 0.388 e. The molecule has 1 amide bonds. The van der Waals surface area contributed by atoms with Crippen LogP contribution in [0.15, 0.2) is 17.5 Å². The van der Waals surface area contributed by atoms with Crippen LogP contribution in [0.25, 0.3) is 0 Å². The average molecular weight is 213 g/mol. The third kappa shape index (κ3) is 2.82. The number of hydrogen-bond donors (Lipinski definition) is 2. The second-order valence-electron chi connectivity index (χ2n) is 3.83. The van der Waals surface area contributed by atoms with Gasteiger partial charge in [0, 0.05) is 0 Å². The van der Waals surface area contributed by atoms with Crippen LogP contribution in [0.4, 0.5) is 0 Å². The molecule has 1 aromatic rings. The zero-order chi connectivity index (χ0) is 10.8. The molecule has 78 valence electrons. The Labute approximate surface area is 87.8 Å². The van der Waals surface area contributed by atoms with Crippen LogP contribution in [0.5, 0.6) is 0 Å². The van der Waals surface area contributed by atoms with Crippen LogP contribution < -0.4 is 5.32 Å². The van der Waals surface area contributed by atoms with E-state index in [0.717, 1.165) is 0 Å². The minimum atomic E-state index is -0.896. The molecule has 1 rings (SSSR count). The predicted molar refractivity (Wildman–Crippen MR) is 57.5 cm³/mol. The van der Waals surface area contributed by atoms with Crippen LogP contribution in [0.1, 0.15) is 30.4 Å². The number of carbonyl (C=O) groups is 1. The van der Waals surface area contributed by atoms with Gasteiger partial charge in [-0.3, -0.25) is 4.79 Å². The van der Waals surface area contributed by atoms with E-state index in [4.69, 9.17) is 0 Å². The van der Waals surface area contributed by atoms with Crippen LogP contribution in [0.3, 0.4) is 0 Å². The monoisotopic (exact) mass is 213 g/mol. The SMILES string of the molecule is CC(NC(=O)c1cccs1)C(C)(C)O. The minimum absolute atomic E-state index is 0.130. The summed E-state index contributed by atoms with van der Waals surface area (Å²) in [4.78, 5) is 12.2. The quantitative estimate of drug-likeness (QED) is 0.802. The maximum Gasteiger partial charge on any atom is 0.261 e. The highest BCUT2D eigenvalue weighted by atomic mass is 32.1. The summed E-state index contributed by atoms with van der Waals surface area (Å²) in [5, 5.41) is 14.2. The van der Waals surface area contributed by atoms with Crippen LogP contribution in [0.2, 0.25) is 0 Å². The minimum Gasteiger partial charge on any atom is -0.388 e. The van der Waals surface area contributed by atoms with Gasteiger partial charge in [-0.25, -0.2) is 0 Å². The van der Waals surface area contributed by atoms with E-state index in [1.807, 2.05) is 11.4 Å². The lowest BCUT2D eigenvalue weighted by Gasteiger charge is -2.26. The van der Waals surface area contributed by atoms with Gasteiger partial charge in [-0.05, 0) is 32.2 Å². The van der Waals surface area contributed by atoms with Gasteiger partial charge in [-0.1, -0.05) is 6.07 Å². The molecule has 2 N–H and O–H groups in total.